The Morgan fingerprint density at radius 3 is 2.70 bits per heavy atom. The first-order valence-corrected chi connectivity index (χ1v) is 8.64. The average molecular weight is 330 g/mol. The molecule has 120 valence electrons. The second-order valence-corrected chi connectivity index (χ2v) is 6.67. The van der Waals surface area contributed by atoms with Crippen LogP contribution in [0.15, 0.2) is 24.4 Å². The van der Waals surface area contributed by atoms with E-state index in [4.69, 9.17) is 11.6 Å². The van der Waals surface area contributed by atoms with Gasteiger partial charge < -0.3 is 10.2 Å². The third-order valence-electron chi connectivity index (χ3n) is 4.37. The molecule has 1 saturated heterocycles. The highest BCUT2D eigenvalue weighted by Gasteiger charge is 2.27. The summed E-state index contributed by atoms with van der Waals surface area (Å²) < 4.78 is 0. The predicted molar refractivity (Wildman–Crippen MR) is 92.0 cm³/mol. The van der Waals surface area contributed by atoms with E-state index in [-0.39, 0.29) is 0 Å². The Kier molecular flexibility index (Phi) is 4.04. The van der Waals surface area contributed by atoms with Gasteiger partial charge in [-0.15, -0.1) is 0 Å². The molecule has 0 atom stereocenters. The molecule has 5 nitrogen and oxygen atoms in total. The maximum atomic E-state index is 6.09. The van der Waals surface area contributed by atoms with Crippen molar-refractivity contribution >= 4 is 23.2 Å². The lowest BCUT2D eigenvalue weighted by atomic mass is 10.2. The highest BCUT2D eigenvalue weighted by Crippen LogP contribution is 2.38. The van der Waals surface area contributed by atoms with Gasteiger partial charge in [0.05, 0.1) is 0 Å². The molecule has 2 fully saturated rings. The van der Waals surface area contributed by atoms with Gasteiger partial charge in [-0.05, 0) is 37.3 Å². The molecule has 2 aliphatic rings. The zero-order chi connectivity index (χ0) is 15.6. The number of rotatable bonds is 5. The van der Waals surface area contributed by atoms with Gasteiger partial charge in [0.25, 0.3) is 0 Å². The van der Waals surface area contributed by atoms with Crippen LogP contribution in [0.3, 0.4) is 0 Å². The van der Waals surface area contributed by atoms with E-state index in [0.717, 1.165) is 36.1 Å². The number of aromatic nitrogens is 3. The highest BCUT2D eigenvalue weighted by molar-refractivity contribution is 6.29. The van der Waals surface area contributed by atoms with Crippen molar-refractivity contribution in [2.24, 2.45) is 0 Å². The van der Waals surface area contributed by atoms with E-state index in [9.17, 15) is 0 Å². The van der Waals surface area contributed by atoms with E-state index >= 15 is 0 Å². The molecule has 3 heterocycles. The summed E-state index contributed by atoms with van der Waals surface area (Å²) in [6.07, 6.45) is 6.81. The summed E-state index contributed by atoms with van der Waals surface area (Å²) in [6.45, 7) is 2.92. The monoisotopic (exact) mass is 329 g/mol. The number of pyridine rings is 1. The van der Waals surface area contributed by atoms with Gasteiger partial charge in [0.1, 0.15) is 22.6 Å². The van der Waals surface area contributed by atoms with Crippen molar-refractivity contribution in [1.29, 1.82) is 0 Å². The van der Waals surface area contributed by atoms with E-state index in [1.807, 2.05) is 6.20 Å². The molecule has 1 saturated carbocycles. The van der Waals surface area contributed by atoms with E-state index in [1.165, 1.54) is 25.7 Å². The van der Waals surface area contributed by atoms with E-state index in [2.05, 4.69) is 37.3 Å². The molecule has 0 bridgehead atoms. The summed E-state index contributed by atoms with van der Waals surface area (Å²) in [5.74, 6) is 3.22. The second-order valence-electron chi connectivity index (χ2n) is 6.28. The molecule has 6 heteroatoms. The third kappa shape index (κ3) is 3.55. The van der Waals surface area contributed by atoms with Crippen LogP contribution >= 0.6 is 11.6 Å². The van der Waals surface area contributed by atoms with Crippen LogP contribution in [-0.4, -0.2) is 28.0 Å². The van der Waals surface area contributed by atoms with Crippen LogP contribution in [0.25, 0.3) is 0 Å². The summed E-state index contributed by atoms with van der Waals surface area (Å²) >= 11 is 6.09. The maximum absolute atomic E-state index is 6.09. The first-order chi connectivity index (χ1) is 11.3. The fraction of sp³-hybridized carbons (Fsp3) is 0.471. The molecule has 0 spiro atoms. The number of nitrogens with zero attached hydrogens (tertiary/aromatic N) is 4. The molecule has 2 aromatic heterocycles. The molecule has 2 aromatic rings. The van der Waals surface area contributed by atoms with Crippen molar-refractivity contribution in [2.75, 3.05) is 23.3 Å². The Labute approximate surface area is 141 Å². The summed E-state index contributed by atoms with van der Waals surface area (Å²) in [7, 11) is 0. The number of hydrogen-bond acceptors (Lipinski definition) is 5. The summed E-state index contributed by atoms with van der Waals surface area (Å²) in [5, 5.41) is 3.83. The lowest BCUT2D eigenvalue weighted by Crippen LogP contribution is -2.18. The summed E-state index contributed by atoms with van der Waals surface area (Å²) in [5.41, 5.74) is 1.13. The first-order valence-electron chi connectivity index (χ1n) is 8.26. The van der Waals surface area contributed by atoms with Gasteiger partial charge in [-0.25, -0.2) is 15.0 Å². The Morgan fingerprint density at radius 2 is 2.00 bits per heavy atom. The number of hydrogen-bond donors (Lipinski definition) is 1. The van der Waals surface area contributed by atoms with Crippen LogP contribution in [0, 0.1) is 0 Å². The molecule has 1 aliphatic heterocycles. The number of halogens is 1. The quantitative estimate of drug-likeness (QED) is 0.849. The van der Waals surface area contributed by atoms with Crippen molar-refractivity contribution in [2.45, 2.75) is 38.1 Å². The minimum Gasteiger partial charge on any atom is -0.366 e. The third-order valence-corrected chi connectivity index (χ3v) is 4.56. The molecular formula is C17H20ClN5. The van der Waals surface area contributed by atoms with E-state index < -0.39 is 0 Å². The van der Waals surface area contributed by atoms with Crippen molar-refractivity contribution in [1.82, 2.24) is 15.0 Å². The van der Waals surface area contributed by atoms with Crippen molar-refractivity contribution < 1.29 is 0 Å². The van der Waals surface area contributed by atoms with Gasteiger partial charge in [-0.3, -0.25) is 0 Å². The second kappa shape index (κ2) is 6.32. The van der Waals surface area contributed by atoms with Crippen LogP contribution in [0.1, 0.15) is 43.0 Å². The van der Waals surface area contributed by atoms with E-state index in [0.29, 0.717) is 17.6 Å². The Bertz CT molecular complexity index is 678. The number of nitrogens with one attached hydrogen (secondary N) is 1. The van der Waals surface area contributed by atoms with Crippen LogP contribution in [0.5, 0.6) is 0 Å². The minimum absolute atomic E-state index is 0.496. The molecule has 0 amide bonds. The van der Waals surface area contributed by atoms with Crippen LogP contribution in [0.2, 0.25) is 5.15 Å². The molecule has 0 radical (unpaired) electrons. The Hall–Kier alpha value is -1.88. The standard InChI is InChI=1S/C17H20ClN5/c18-14-9-15(22-17(21-14)13-4-5-13)19-10-12-3-6-16(20-11-12)23-7-1-2-8-23/h3,6,9,11,13H,1-2,4-5,7-8,10H2,(H,19,21,22). The molecule has 1 N–H and O–H groups in total. The smallest absolute Gasteiger partial charge is 0.135 e. The molecular weight excluding hydrogens is 310 g/mol. The molecule has 1 aliphatic carbocycles. The minimum atomic E-state index is 0.496. The van der Waals surface area contributed by atoms with Crippen LogP contribution in [0.4, 0.5) is 11.6 Å². The largest absolute Gasteiger partial charge is 0.366 e. The number of anilines is 2. The lowest BCUT2D eigenvalue weighted by Gasteiger charge is -2.16. The van der Waals surface area contributed by atoms with E-state index in [1.54, 1.807) is 6.07 Å². The SMILES string of the molecule is Clc1cc(NCc2ccc(N3CCCC3)nc2)nc(C2CC2)n1. The van der Waals surface area contributed by atoms with Gasteiger partial charge in [0.2, 0.25) is 0 Å². The zero-order valence-corrected chi connectivity index (χ0v) is 13.8. The van der Waals surface area contributed by atoms with Crippen LogP contribution in [-0.2, 0) is 6.54 Å². The Balaban J connectivity index is 1.40. The topological polar surface area (TPSA) is 53.9 Å². The lowest BCUT2D eigenvalue weighted by molar-refractivity contribution is 0.917. The summed E-state index contributed by atoms with van der Waals surface area (Å²) in [6, 6.07) is 6.00. The molecule has 0 unspecified atom stereocenters. The van der Waals surface area contributed by atoms with Crippen molar-refractivity contribution in [3.05, 3.63) is 40.9 Å². The summed E-state index contributed by atoms with van der Waals surface area (Å²) in [4.78, 5) is 15.8. The van der Waals surface area contributed by atoms with Crippen LogP contribution < -0.4 is 10.2 Å². The fourth-order valence-electron chi connectivity index (χ4n) is 2.90. The molecule has 23 heavy (non-hydrogen) atoms. The van der Waals surface area contributed by atoms with Gasteiger partial charge in [-0.1, -0.05) is 17.7 Å². The highest BCUT2D eigenvalue weighted by atomic mass is 35.5. The first kappa shape index (κ1) is 14.7. The fourth-order valence-corrected chi connectivity index (χ4v) is 3.09. The van der Waals surface area contributed by atoms with Crippen molar-refractivity contribution in [3.8, 4) is 0 Å². The Morgan fingerprint density at radius 1 is 1.17 bits per heavy atom. The van der Waals surface area contributed by atoms with Gasteiger partial charge in [0, 0.05) is 37.8 Å². The predicted octanol–water partition coefficient (Wildman–Crippen LogP) is 3.61. The van der Waals surface area contributed by atoms with Gasteiger partial charge in [0.15, 0.2) is 0 Å². The van der Waals surface area contributed by atoms with Gasteiger partial charge in [-0.2, -0.15) is 0 Å². The average Bonchev–Trinajstić information content (AvgIpc) is 3.28. The molecule has 4 rings (SSSR count). The normalized spacial score (nSPS) is 17.5. The zero-order valence-electron chi connectivity index (χ0n) is 13.0. The maximum Gasteiger partial charge on any atom is 0.135 e. The molecule has 0 aromatic carbocycles. The van der Waals surface area contributed by atoms with Crippen molar-refractivity contribution in [3.63, 3.8) is 0 Å². The van der Waals surface area contributed by atoms with Gasteiger partial charge >= 0.3 is 0 Å².